The fourth-order valence-corrected chi connectivity index (χ4v) is 1.67. The number of rotatable bonds is 3. The third-order valence-corrected chi connectivity index (χ3v) is 2.35. The molecule has 0 fully saturated rings. The summed E-state index contributed by atoms with van der Waals surface area (Å²) in [5.74, 6) is 0.522. The lowest BCUT2D eigenvalue weighted by Gasteiger charge is -2.04. The van der Waals surface area contributed by atoms with Gasteiger partial charge in [-0.2, -0.15) is 0 Å². The Kier molecular flexibility index (Phi) is 3.66. The molecule has 0 amide bonds. The van der Waals surface area contributed by atoms with Crippen LogP contribution in [0.5, 0.6) is 0 Å². The fourth-order valence-electron chi connectivity index (χ4n) is 1.47. The van der Waals surface area contributed by atoms with Gasteiger partial charge < -0.3 is 4.74 Å². The van der Waals surface area contributed by atoms with Crippen molar-refractivity contribution in [3.63, 3.8) is 0 Å². The zero-order chi connectivity index (χ0) is 12.3. The van der Waals surface area contributed by atoms with Crippen LogP contribution in [-0.4, -0.2) is 22.1 Å². The molecule has 2 aromatic heterocycles. The molecule has 0 aliphatic rings. The largest absolute Gasteiger partial charge is 0.378 e. The van der Waals surface area contributed by atoms with Gasteiger partial charge in [0.2, 0.25) is 0 Å². The molecule has 0 saturated carbocycles. The Hall–Kier alpha value is -1.52. The molecule has 0 atom stereocenters. The summed E-state index contributed by atoms with van der Waals surface area (Å²) in [7, 11) is 1.61. The van der Waals surface area contributed by atoms with E-state index in [9.17, 15) is 0 Å². The van der Waals surface area contributed by atoms with E-state index in [2.05, 4.69) is 15.0 Å². The number of methoxy groups -OCH3 is 1. The first kappa shape index (κ1) is 12.0. The van der Waals surface area contributed by atoms with Crippen LogP contribution in [0.15, 0.2) is 24.3 Å². The van der Waals surface area contributed by atoms with Crippen LogP contribution in [-0.2, 0) is 11.3 Å². The molecule has 0 saturated heterocycles. The van der Waals surface area contributed by atoms with Crippen LogP contribution in [0.4, 0.5) is 0 Å². The van der Waals surface area contributed by atoms with E-state index in [-0.39, 0.29) is 0 Å². The van der Waals surface area contributed by atoms with Crippen molar-refractivity contribution in [2.24, 2.45) is 0 Å². The SMILES string of the molecule is COCc1cc(Cl)nc(-c2cccc(C)n2)n1. The van der Waals surface area contributed by atoms with Crippen molar-refractivity contribution in [2.45, 2.75) is 13.5 Å². The second kappa shape index (κ2) is 5.21. The van der Waals surface area contributed by atoms with Gasteiger partial charge >= 0.3 is 0 Å². The van der Waals surface area contributed by atoms with E-state index in [1.54, 1.807) is 13.2 Å². The predicted molar refractivity (Wildman–Crippen MR) is 65.7 cm³/mol. The van der Waals surface area contributed by atoms with Crippen molar-refractivity contribution in [3.05, 3.63) is 40.8 Å². The Morgan fingerprint density at radius 1 is 1.24 bits per heavy atom. The Balaban J connectivity index is 2.44. The molecule has 0 aliphatic carbocycles. The number of halogens is 1. The average molecular weight is 250 g/mol. The summed E-state index contributed by atoms with van der Waals surface area (Å²) in [6.07, 6.45) is 0. The number of aryl methyl sites for hydroxylation is 1. The maximum Gasteiger partial charge on any atom is 0.179 e. The van der Waals surface area contributed by atoms with Crippen LogP contribution < -0.4 is 0 Å². The van der Waals surface area contributed by atoms with Crippen molar-refractivity contribution in [2.75, 3.05) is 7.11 Å². The van der Waals surface area contributed by atoms with Crippen LogP contribution in [0.3, 0.4) is 0 Å². The number of pyridine rings is 1. The predicted octanol–water partition coefficient (Wildman–Crippen LogP) is 2.65. The first-order chi connectivity index (χ1) is 8.19. The molecule has 2 heterocycles. The monoisotopic (exact) mass is 249 g/mol. The van der Waals surface area contributed by atoms with E-state index in [1.807, 2.05) is 25.1 Å². The van der Waals surface area contributed by atoms with Crippen molar-refractivity contribution in [1.82, 2.24) is 15.0 Å². The summed E-state index contributed by atoms with van der Waals surface area (Å²) >= 11 is 5.94. The molecule has 0 unspecified atom stereocenters. The molecule has 0 bridgehead atoms. The third-order valence-electron chi connectivity index (χ3n) is 2.16. The van der Waals surface area contributed by atoms with Gasteiger partial charge in [-0.1, -0.05) is 17.7 Å². The molecule has 17 heavy (non-hydrogen) atoms. The molecule has 2 aromatic rings. The van der Waals surface area contributed by atoms with Gasteiger partial charge in [0.1, 0.15) is 10.8 Å². The Labute approximate surface area is 105 Å². The quantitative estimate of drug-likeness (QED) is 0.785. The lowest BCUT2D eigenvalue weighted by Crippen LogP contribution is -1.99. The molecule has 5 heteroatoms. The van der Waals surface area contributed by atoms with E-state index in [4.69, 9.17) is 16.3 Å². The van der Waals surface area contributed by atoms with Crippen LogP contribution >= 0.6 is 11.6 Å². The van der Waals surface area contributed by atoms with Gasteiger partial charge in [0.25, 0.3) is 0 Å². The Bertz CT molecular complexity index is 531. The second-order valence-corrected chi connectivity index (χ2v) is 3.99. The molecule has 0 spiro atoms. The van der Waals surface area contributed by atoms with E-state index >= 15 is 0 Å². The molecule has 0 N–H and O–H groups in total. The number of hydrogen-bond donors (Lipinski definition) is 0. The summed E-state index contributed by atoms with van der Waals surface area (Å²) < 4.78 is 5.03. The first-order valence-electron chi connectivity index (χ1n) is 5.15. The van der Waals surface area contributed by atoms with E-state index in [1.165, 1.54) is 0 Å². The minimum absolute atomic E-state index is 0.394. The van der Waals surface area contributed by atoms with Crippen molar-refractivity contribution in [3.8, 4) is 11.5 Å². The number of ether oxygens (including phenoxy) is 1. The van der Waals surface area contributed by atoms with Crippen molar-refractivity contribution < 1.29 is 4.74 Å². The Morgan fingerprint density at radius 2 is 2.06 bits per heavy atom. The van der Waals surface area contributed by atoms with Gasteiger partial charge in [-0.3, -0.25) is 0 Å². The summed E-state index contributed by atoms with van der Waals surface area (Å²) in [4.78, 5) is 12.9. The minimum atomic E-state index is 0.394. The number of hydrogen-bond acceptors (Lipinski definition) is 4. The highest BCUT2D eigenvalue weighted by molar-refractivity contribution is 6.29. The van der Waals surface area contributed by atoms with Crippen LogP contribution in [0.25, 0.3) is 11.5 Å². The lowest BCUT2D eigenvalue weighted by atomic mass is 10.3. The lowest BCUT2D eigenvalue weighted by molar-refractivity contribution is 0.181. The zero-order valence-corrected chi connectivity index (χ0v) is 10.4. The highest BCUT2D eigenvalue weighted by atomic mass is 35.5. The van der Waals surface area contributed by atoms with Gasteiger partial charge in [-0.25, -0.2) is 15.0 Å². The molecule has 2 rings (SSSR count). The minimum Gasteiger partial charge on any atom is -0.378 e. The van der Waals surface area contributed by atoms with Crippen LogP contribution in [0.2, 0.25) is 5.15 Å². The fraction of sp³-hybridized carbons (Fsp3) is 0.250. The number of nitrogens with zero attached hydrogens (tertiary/aromatic N) is 3. The smallest absolute Gasteiger partial charge is 0.179 e. The van der Waals surface area contributed by atoms with Gasteiger partial charge in [0.15, 0.2) is 5.82 Å². The number of aromatic nitrogens is 3. The molecule has 0 aliphatic heterocycles. The van der Waals surface area contributed by atoms with E-state index in [0.29, 0.717) is 23.3 Å². The van der Waals surface area contributed by atoms with Crippen LogP contribution in [0, 0.1) is 6.92 Å². The highest BCUT2D eigenvalue weighted by Gasteiger charge is 2.07. The summed E-state index contributed by atoms with van der Waals surface area (Å²) in [6, 6.07) is 7.38. The summed E-state index contributed by atoms with van der Waals surface area (Å²) in [6.45, 7) is 2.32. The van der Waals surface area contributed by atoms with E-state index in [0.717, 1.165) is 11.4 Å². The van der Waals surface area contributed by atoms with Crippen molar-refractivity contribution in [1.29, 1.82) is 0 Å². The summed E-state index contributed by atoms with van der Waals surface area (Å²) in [5, 5.41) is 0.394. The third kappa shape index (κ3) is 2.99. The van der Waals surface area contributed by atoms with Gasteiger partial charge in [-0.05, 0) is 25.1 Å². The maximum atomic E-state index is 5.94. The van der Waals surface area contributed by atoms with Gasteiger partial charge in [0, 0.05) is 12.8 Å². The van der Waals surface area contributed by atoms with Gasteiger partial charge in [-0.15, -0.1) is 0 Å². The molecule has 88 valence electrons. The highest BCUT2D eigenvalue weighted by Crippen LogP contribution is 2.16. The van der Waals surface area contributed by atoms with Crippen molar-refractivity contribution >= 4 is 11.6 Å². The first-order valence-corrected chi connectivity index (χ1v) is 5.53. The molecule has 0 radical (unpaired) electrons. The summed E-state index contributed by atoms with van der Waals surface area (Å²) in [5.41, 5.74) is 2.37. The zero-order valence-electron chi connectivity index (χ0n) is 9.64. The average Bonchev–Trinajstić information content (AvgIpc) is 2.28. The van der Waals surface area contributed by atoms with E-state index < -0.39 is 0 Å². The molecular weight excluding hydrogens is 238 g/mol. The maximum absolute atomic E-state index is 5.94. The van der Waals surface area contributed by atoms with Gasteiger partial charge in [0.05, 0.1) is 12.3 Å². The molecular formula is C12H12ClN3O. The molecule has 4 nitrogen and oxygen atoms in total. The normalized spacial score (nSPS) is 10.5. The molecule has 0 aromatic carbocycles. The topological polar surface area (TPSA) is 47.9 Å². The second-order valence-electron chi connectivity index (χ2n) is 3.60. The Morgan fingerprint density at radius 3 is 2.76 bits per heavy atom. The van der Waals surface area contributed by atoms with Crippen LogP contribution in [0.1, 0.15) is 11.4 Å². The standard InChI is InChI=1S/C12H12ClN3O/c1-8-4-3-5-10(14-8)12-15-9(7-17-2)6-11(13)16-12/h3-6H,7H2,1-2H3.